The van der Waals surface area contributed by atoms with E-state index in [1.807, 2.05) is 19.2 Å². The Hall–Kier alpha value is -3.26. The number of aromatic nitrogens is 3. The Morgan fingerprint density at radius 2 is 2.15 bits per heavy atom. The molecule has 34 heavy (non-hydrogen) atoms. The molecule has 4 heterocycles. The molecule has 1 aliphatic rings. The molecule has 178 valence electrons. The van der Waals surface area contributed by atoms with Crippen LogP contribution in [-0.4, -0.2) is 41.2 Å². The van der Waals surface area contributed by atoms with Crippen LogP contribution in [0.25, 0.3) is 6.08 Å². The lowest BCUT2D eigenvalue weighted by Gasteiger charge is -2.17. The summed E-state index contributed by atoms with van der Waals surface area (Å²) in [5.41, 5.74) is 3.32. The van der Waals surface area contributed by atoms with Crippen molar-refractivity contribution in [1.82, 2.24) is 15.0 Å². The number of ether oxygens (including phenoxy) is 2. The SMILES string of the molecule is CCOC(=O)CC(c1ccc(OC)nc1)c1ncc(/C=C/CCc2ccc3c(n2)NCCC3)s1. The van der Waals surface area contributed by atoms with E-state index < -0.39 is 0 Å². The molecule has 0 bridgehead atoms. The summed E-state index contributed by atoms with van der Waals surface area (Å²) in [7, 11) is 1.58. The third-order valence-electron chi connectivity index (χ3n) is 5.69. The first-order chi connectivity index (χ1) is 16.7. The zero-order valence-electron chi connectivity index (χ0n) is 19.6. The number of carbonyl (C=O) groups is 1. The number of aryl methyl sites for hydroxylation is 2. The van der Waals surface area contributed by atoms with Crippen molar-refractivity contribution in [2.45, 2.75) is 44.9 Å². The number of esters is 1. The molecule has 3 aromatic heterocycles. The zero-order chi connectivity index (χ0) is 23.8. The van der Waals surface area contributed by atoms with Crippen LogP contribution in [0.1, 0.15) is 58.8 Å². The third-order valence-corrected chi connectivity index (χ3v) is 6.76. The monoisotopic (exact) mass is 478 g/mol. The van der Waals surface area contributed by atoms with Crippen molar-refractivity contribution in [3.8, 4) is 5.88 Å². The standard InChI is InChI=1S/C26H30N4O3S/c1-3-33-24(31)15-22(19-11-13-23(32-2)28-16-19)26-29-17-21(34-26)9-5-4-8-20-12-10-18-7-6-14-27-25(18)30-20/h5,9-13,16-17,22H,3-4,6-8,14-15H2,1-2H3,(H,27,30)/b9-5+. The molecular weight excluding hydrogens is 448 g/mol. The summed E-state index contributed by atoms with van der Waals surface area (Å²) in [5, 5.41) is 4.26. The quantitative estimate of drug-likeness (QED) is 0.409. The van der Waals surface area contributed by atoms with E-state index in [-0.39, 0.29) is 18.3 Å². The van der Waals surface area contributed by atoms with Gasteiger partial charge in [-0.1, -0.05) is 18.2 Å². The van der Waals surface area contributed by atoms with E-state index in [0.717, 1.165) is 52.8 Å². The van der Waals surface area contributed by atoms with Crippen LogP contribution < -0.4 is 10.1 Å². The van der Waals surface area contributed by atoms with Gasteiger partial charge in [-0.25, -0.2) is 15.0 Å². The van der Waals surface area contributed by atoms with Crippen molar-refractivity contribution in [2.24, 2.45) is 0 Å². The fourth-order valence-corrected chi connectivity index (χ4v) is 4.91. The van der Waals surface area contributed by atoms with Gasteiger partial charge in [0.15, 0.2) is 0 Å². The lowest BCUT2D eigenvalue weighted by atomic mass is 9.98. The number of thiazole rings is 1. The van der Waals surface area contributed by atoms with Crippen molar-refractivity contribution >= 4 is 29.2 Å². The number of rotatable bonds is 10. The van der Waals surface area contributed by atoms with Crippen LogP contribution in [0.15, 0.2) is 42.7 Å². The molecule has 1 aliphatic heterocycles. The maximum absolute atomic E-state index is 12.3. The molecule has 4 rings (SSSR count). The van der Waals surface area contributed by atoms with Crippen LogP contribution in [0.2, 0.25) is 0 Å². The summed E-state index contributed by atoms with van der Waals surface area (Å²) in [6.45, 7) is 3.17. The first-order valence-corrected chi connectivity index (χ1v) is 12.5. The molecule has 1 atom stereocenters. The number of fused-ring (bicyclic) bond motifs is 1. The summed E-state index contributed by atoms with van der Waals surface area (Å²) < 4.78 is 10.4. The highest BCUT2D eigenvalue weighted by atomic mass is 32.1. The Morgan fingerprint density at radius 3 is 2.94 bits per heavy atom. The van der Waals surface area contributed by atoms with Gasteiger partial charge in [0.25, 0.3) is 0 Å². The molecular formula is C26H30N4O3S. The number of hydrogen-bond donors (Lipinski definition) is 1. The molecule has 0 aliphatic carbocycles. The topological polar surface area (TPSA) is 86.2 Å². The van der Waals surface area contributed by atoms with Crippen LogP contribution in [0.4, 0.5) is 5.82 Å². The van der Waals surface area contributed by atoms with E-state index in [0.29, 0.717) is 12.5 Å². The average Bonchev–Trinajstić information content (AvgIpc) is 3.34. The van der Waals surface area contributed by atoms with Gasteiger partial charge in [0.05, 0.1) is 20.1 Å². The number of hydrogen-bond acceptors (Lipinski definition) is 8. The van der Waals surface area contributed by atoms with Crippen molar-refractivity contribution in [1.29, 1.82) is 0 Å². The van der Waals surface area contributed by atoms with Gasteiger partial charge in [-0.15, -0.1) is 11.3 Å². The second-order valence-electron chi connectivity index (χ2n) is 8.08. The Bertz CT molecular complexity index is 1130. The van der Waals surface area contributed by atoms with E-state index >= 15 is 0 Å². The third kappa shape index (κ3) is 6.20. The number of carbonyl (C=O) groups excluding carboxylic acids is 1. The highest BCUT2D eigenvalue weighted by Gasteiger charge is 2.22. The largest absolute Gasteiger partial charge is 0.481 e. The predicted octanol–water partition coefficient (Wildman–Crippen LogP) is 5.03. The van der Waals surface area contributed by atoms with Gasteiger partial charge in [0, 0.05) is 41.5 Å². The van der Waals surface area contributed by atoms with Gasteiger partial charge in [-0.05, 0) is 55.9 Å². The van der Waals surface area contributed by atoms with Gasteiger partial charge in [-0.2, -0.15) is 0 Å². The van der Waals surface area contributed by atoms with Crippen LogP contribution >= 0.6 is 11.3 Å². The van der Waals surface area contributed by atoms with Crippen LogP contribution in [0, 0.1) is 0 Å². The number of allylic oxidation sites excluding steroid dienone is 1. The summed E-state index contributed by atoms with van der Waals surface area (Å²) in [5.74, 6) is 1.12. The van der Waals surface area contributed by atoms with E-state index in [1.54, 1.807) is 30.7 Å². The first-order valence-electron chi connectivity index (χ1n) is 11.7. The molecule has 0 saturated carbocycles. The summed E-state index contributed by atoms with van der Waals surface area (Å²) in [6, 6.07) is 8.05. The van der Waals surface area contributed by atoms with E-state index in [1.165, 1.54) is 12.0 Å². The van der Waals surface area contributed by atoms with Gasteiger partial charge in [0.2, 0.25) is 5.88 Å². The molecule has 0 fully saturated rings. The van der Waals surface area contributed by atoms with E-state index in [9.17, 15) is 4.79 Å². The second-order valence-corrected chi connectivity index (χ2v) is 9.17. The van der Waals surface area contributed by atoms with E-state index in [4.69, 9.17) is 14.5 Å². The van der Waals surface area contributed by atoms with Gasteiger partial charge in [0.1, 0.15) is 10.8 Å². The number of anilines is 1. The summed E-state index contributed by atoms with van der Waals surface area (Å²) in [4.78, 5) is 27.0. The zero-order valence-corrected chi connectivity index (χ0v) is 20.4. The molecule has 0 radical (unpaired) electrons. The Kier molecular flexibility index (Phi) is 8.25. The minimum atomic E-state index is -0.248. The Balaban J connectivity index is 1.41. The summed E-state index contributed by atoms with van der Waals surface area (Å²) in [6.07, 6.45) is 12.1. The van der Waals surface area contributed by atoms with E-state index in [2.05, 4.69) is 39.6 Å². The lowest BCUT2D eigenvalue weighted by molar-refractivity contribution is -0.143. The first kappa shape index (κ1) is 23.9. The fraction of sp³-hybridized carbons (Fsp3) is 0.385. The predicted molar refractivity (Wildman–Crippen MR) is 134 cm³/mol. The van der Waals surface area contributed by atoms with Crippen LogP contribution in [-0.2, 0) is 22.4 Å². The normalized spacial score (nSPS) is 13.8. The highest BCUT2D eigenvalue weighted by molar-refractivity contribution is 7.12. The highest BCUT2D eigenvalue weighted by Crippen LogP contribution is 2.32. The minimum absolute atomic E-state index is 0.211. The smallest absolute Gasteiger partial charge is 0.306 e. The molecule has 1 unspecified atom stereocenters. The maximum Gasteiger partial charge on any atom is 0.306 e. The molecule has 0 amide bonds. The maximum atomic E-state index is 12.3. The van der Waals surface area contributed by atoms with Gasteiger partial charge < -0.3 is 14.8 Å². The minimum Gasteiger partial charge on any atom is -0.481 e. The number of nitrogens with zero attached hydrogens (tertiary/aromatic N) is 3. The lowest BCUT2D eigenvalue weighted by Crippen LogP contribution is -2.13. The van der Waals surface area contributed by atoms with Crippen molar-refractivity contribution in [3.63, 3.8) is 0 Å². The average molecular weight is 479 g/mol. The molecule has 3 aromatic rings. The van der Waals surface area contributed by atoms with Crippen molar-refractivity contribution in [3.05, 3.63) is 69.4 Å². The summed E-state index contributed by atoms with van der Waals surface area (Å²) >= 11 is 1.58. The molecule has 1 N–H and O–H groups in total. The second kappa shape index (κ2) is 11.7. The van der Waals surface area contributed by atoms with Crippen LogP contribution in [0.3, 0.4) is 0 Å². The Labute approximate surface area is 204 Å². The van der Waals surface area contributed by atoms with Crippen molar-refractivity contribution < 1.29 is 14.3 Å². The van der Waals surface area contributed by atoms with Gasteiger partial charge >= 0.3 is 5.97 Å². The molecule has 0 aromatic carbocycles. The molecule has 0 spiro atoms. The number of pyridine rings is 2. The molecule has 8 heteroatoms. The van der Waals surface area contributed by atoms with Crippen LogP contribution in [0.5, 0.6) is 5.88 Å². The van der Waals surface area contributed by atoms with Gasteiger partial charge in [-0.3, -0.25) is 4.79 Å². The molecule has 0 saturated heterocycles. The number of methoxy groups -OCH3 is 1. The number of nitrogens with one attached hydrogen (secondary N) is 1. The Morgan fingerprint density at radius 1 is 1.24 bits per heavy atom. The molecule has 7 nitrogen and oxygen atoms in total. The van der Waals surface area contributed by atoms with Crippen molar-refractivity contribution in [2.75, 3.05) is 25.6 Å². The fourth-order valence-electron chi connectivity index (χ4n) is 3.93.